The van der Waals surface area contributed by atoms with Crippen LogP contribution in [0.15, 0.2) is 29.2 Å². The average Bonchev–Trinajstić information content (AvgIpc) is 2.48. The van der Waals surface area contributed by atoms with Crippen molar-refractivity contribution in [2.24, 2.45) is 11.8 Å². The summed E-state index contributed by atoms with van der Waals surface area (Å²) in [5, 5.41) is 20.3. The highest BCUT2D eigenvalue weighted by Crippen LogP contribution is 2.41. The molecule has 1 aromatic carbocycles. The lowest BCUT2D eigenvalue weighted by molar-refractivity contribution is -0.384. The predicted octanol–water partition coefficient (Wildman–Crippen LogP) is 4.80. The van der Waals surface area contributed by atoms with Crippen LogP contribution in [0.1, 0.15) is 39.0 Å². The smallest absolute Gasteiger partial charge is 0.258 e. The van der Waals surface area contributed by atoms with Crippen molar-refractivity contribution in [3.63, 3.8) is 0 Å². The lowest BCUT2D eigenvalue weighted by atomic mass is 9.80. The Kier molecular flexibility index (Phi) is 5.63. The van der Waals surface area contributed by atoms with Crippen LogP contribution >= 0.6 is 11.8 Å². The number of hydrogen-bond donors (Lipinski definition) is 0. The highest BCUT2D eigenvalue weighted by atomic mass is 32.2. The predicted molar refractivity (Wildman–Crippen MR) is 84.1 cm³/mol. The van der Waals surface area contributed by atoms with Gasteiger partial charge < -0.3 is 0 Å². The molecule has 3 unspecified atom stereocenters. The molecular weight excluding hydrogens is 284 g/mol. The summed E-state index contributed by atoms with van der Waals surface area (Å²) in [5.74, 6) is 0.813. The van der Waals surface area contributed by atoms with Crippen molar-refractivity contribution in [2.75, 3.05) is 0 Å². The number of nitriles is 1. The molecular formula is C16H20N2O2S. The summed E-state index contributed by atoms with van der Waals surface area (Å²) in [6.45, 7) is 2.20. The minimum atomic E-state index is -0.385. The van der Waals surface area contributed by atoms with Gasteiger partial charge in [-0.05, 0) is 37.3 Å². The first kappa shape index (κ1) is 15.8. The van der Waals surface area contributed by atoms with Gasteiger partial charge in [-0.15, -0.1) is 11.8 Å². The number of hydrogen-bond acceptors (Lipinski definition) is 4. The van der Waals surface area contributed by atoms with Gasteiger partial charge in [0.1, 0.15) is 0 Å². The van der Waals surface area contributed by atoms with Crippen molar-refractivity contribution >= 4 is 17.4 Å². The van der Waals surface area contributed by atoms with E-state index < -0.39 is 0 Å². The molecule has 0 saturated heterocycles. The first-order valence-electron chi connectivity index (χ1n) is 7.44. The molecule has 1 saturated carbocycles. The van der Waals surface area contributed by atoms with Gasteiger partial charge in [-0.2, -0.15) is 5.26 Å². The van der Waals surface area contributed by atoms with Crippen LogP contribution in [0.3, 0.4) is 0 Å². The fourth-order valence-corrected chi connectivity index (χ4v) is 4.35. The van der Waals surface area contributed by atoms with Crippen LogP contribution in [-0.2, 0) is 0 Å². The normalized spacial score (nSPS) is 25.2. The van der Waals surface area contributed by atoms with Crippen molar-refractivity contribution in [1.29, 1.82) is 5.26 Å². The van der Waals surface area contributed by atoms with E-state index >= 15 is 0 Å². The fraction of sp³-hybridized carbons (Fsp3) is 0.562. The SMILES string of the molecule is CCCC1CCC(C#N)C(Sc2ccc([N+](=O)[O-])cc2)C1. The standard InChI is InChI=1S/C16H20N2O2S/c1-2-3-12-4-5-13(11-17)16(10-12)21-15-8-6-14(7-9-15)18(19)20/h6-9,12-13,16H,2-5,10H2,1H3. The number of rotatable bonds is 5. The van der Waals surface area contributed by atoms with E-state index in [1.54, 1.807) is 23.9 Å². The first-order valence-corrected chi connectivity index (χ1v) is 8.32. The summed E-state index contributed by atoms with van der Waals surface area (Å²) in [5.41, 5.74) is 0.115. The maximum absolute atomic E-state index is 10.7. The van der Waals surface area contributed by atoms with Gasteiger partial charge >= 0.3 is 0 Å². The Bertz CT molecular complexity index is 524. The molecule has 112 valence electrons. The van der Waals surface area contributed by atoms with Crippen LogP contribution in [0.2, 0.25) is 0 Å². The van der Waals surface area contributed by atoms with Gasteiger partial charge in [-0.25, -0.2) is 0 Å². The minimum absolute atomic E-state index is 0.0956. The zero-order valence-electron chi connectivity index (χ0n) is 12.2. The van der Waals surface area contributed by atoms with Crippen LogP contribution in [0, 0.1) is 33.3 Å². The van der Waals surface area contributed by atoms with Gasteiger partial charge in [0.15, 0.2) is 0 Å². The number of thioether (sulfide) groups is 1. The molecule has 4 nitrogen and oxygen atoms in total. The number of benzene rings is 1. The molecule has 0 aromatic heterocycles. The van der Waals surface area contributed by atoms with Gasteiger partial charge in [0, 0.05) is 22.3 Å². The van der Waals surface area contributed by atoms with Crippen molar-refractivity contribution in [3.8, 4) is 6.07 Å². The zero-order valence-corrected chi connectivity index (χ0v) is 13.0. The second-order valence-electron chi connectivity index (χ2n) is 5.61. The van der Waals surface area contributed by atoms with Gasteiger partial charge in [0.05, 0.1) is 16.9 Å². The van der Waals surface area contributed by atoms with E-state index in [0.29, 0.717) is 5.25 Å². The molecule has 1 fully saturated rings. The summed E-state index contributed by atoms with van der Waals surface area (Å²) in [7, 11) is 0. The molecule has 2 rings (SSSR count). The quantitative estimate of drug-likeness (QED) is 0.579. The molecule has 3 atom stereocenters. The van der Waals surface area contributed by atoms with Crippen LogP contribution in [-0.4, -0.2) is 10.2 Å². The largest absolute Gasteiger partial charge is 0.269 e. The zero-order chi connectivity index (χ0) is 15.2. The second-order valence-corrected chi connectivity index (χ2v) is 6.92. The summed E-state index contributed by atoms with van der Waals surface area (Å²) >= 11 is 1.70. The summed E-state index contributed by atoms with van der Waals surface area (Å²) < 4.78 is 0. The van der Waals surface area contributed by atoms with Crippen LogP contribution in [0.5, 0.6) is 0 Å². The Labute approximate surface area is 129 Å². The highest BCUT2D eigenvalue weighted by molar-refractivity contribution is 8.00. The third-order valence-electron chi connectivity index (χ3n) is 4.10. The second kappa shape index (κ2) is 7.46. The van der Waals surface area contributed by atoms with E-state index in [9.17, 15) is 15.4 Å². The lowest BCUT2D eigenvalue weighted by Crippen LogP contribution is -2.26. The highest BCUT2D eigenvalue weighted by Gasteiger charge is 2.30. The number of non-ortho nitro benzene ring substituents is 1. The van der Waals surface area contributed by atoms with Crippen LogP contribution in [0.4, 0.5) is 5.69 Å². The molecule has 0 aliphatic heterocycles. The topological polar surface area (TPSA) is 66.9 Å². The average molecular weight is 304 g/mol. The van der Waals surface area contributed by atoms with Crippen molar-refractivity contribution in [1.82, 2.24) is 0 Å². The van der Waals surface area contributed by atoms with E-state index in [-0.39, 0.29) is 16.5 Å². The monoisotopic (exact) mass is 304 g/mol. The molecule has 0 heterocycles. The Balaban J connectivity index is 2.04. The van der Waals surface area contributed by atoms with Crippen molar-refractivity contribution in [2.45, 2.75) is 49.2 Å². The Morgan fingerprint density at radius 2 is 2.10 bits per heavy atom. The Hall–Kier alpha value is -1.54. The minimum Gasteiger partial charge on any atom is -0.258 e. The van der Waals surface area contributed by atoms with E-state index in [4.69, 9.17) is 0 Å². The van der Waals surface area contributed by atoms with Crippen molar-refractivity contribution < 1.29 is 4.92 Å². The molecule has 0 amide bonds. The van der Waals surface area contributed by atoms with E-state index in [0.717, 1.165) is 30.1 Å². The van der Waals surface area contributed by atoms with Gasteiger partial charge in [-0.1, -0.05) is 19.8 Å². The molecule has 1 aromatic rings. The fourth-order valence-electron chi connectivity index (χ4n) is 2.98. The van der Waals surface area contributed by atoms with E-state index in [1.807, 2.05) is 0 Å². The van der Waals surface area contributed by atoms with Crippen LogP contribution < -0.4 is 0 Å². The molecule has 1 aliphatic rings. The summed E-state index contributed by atoms with van der Waals surface area (Å²) in [6, 6.07) is 9.10. The van der Waals surface area contributed by atoms with Gasteiger partial charge in [0.25, 0.3) is 5.69 Å². The molecule has 21 heavy (non-hydrogen) atoms. The van der Waals surface area contributed by atoms with Crippen molar-refractivity contribution in [3.05, 3.63) is 34.4 Å². The third-order valence-corrected chi connectivity index (χ3v) is 5.47. The Morgan fingerprint density at radius 3 is 2.67 bits per heavy atom. The van der Waals surface area contributed by atoms with E-state index in [1.165, 1.54) is 25.0 Å². The maximum Gasteiger partial charge on any atom is 0.269 e. The first-order chi connectivity index (χ1) is 10.1. The van der Waals surface area contributed by atoms with E-state index in [2.05, 4.69) is 13.0 Å². The third kappa shape index (κ3) is 4.21. The lowest BCUT2D eigenvalue weighted by Gasteiger charge is -2.32. The molecule has 0 N–H and O–H groups in total. The molecule has 0 radical (unpaired) electrons. The number of nitrogens with zero attached hydrogens (tertiary/aromatic N) is 2. The van der Waals surface area contributed by atoms with Gasteiger partial charge in [0.2, 0.25) is 0 Å². The molecule has 5 heteroatoms. The molecule has 0 spiro atoms. The molecule has 0 bridgehead atoms. The number of nitro benzene ring substituents is 1. The summed E-state index contributed by atoms with van der Waals surface area (Å²) in [4.78, 5) is 11.3. The summed E-state index contributed by atoms with van der Waals surface area (Å²) in [6.07, 6.45) is 5.63. The maximum atomic E-state index is 10.7. The van der Waals surface area contributed by atoms with Crippen LogP contribution in [0.25, 0.3) is 0 Å². The number of nitro groups is 1. The molecule has 1 aliphatic carbocycles. The van der Waals surface area contributed by atoms with Gasteiger partial charge in [-0.3, -0.25) is 10.1 Å². The Morgan fingerprint density at radius 1 is 1.38 bits per heavy atom.